The molecule has 0 aromatic heterocycles. The van der Waals surface area contributed by atoms with E-state index < -0.39 is 0 Å². The van der Waals surface area contributed by atoms with Crippen LogP contribution in [0.3, 0.4) is 0 Å². The monoisotopic (exact) mass is 248 g/mol. The lowest BCUT2D eigenvalue weighted by molar-refractivity contribution is 0.183. The zero-order valence-corrected chi connectivity index (χ0v) is 10.6. The zero-order valence-electron chi connectivity index (χ0n) is 10.6. The Hall–Kier alpha value is -0.320. The number of hydrogen-bond donors (Lipinski definition) is 5. The average molecular weight is 248 g/mol. The number of nitrogens with two attached hydrogens (primary N) is 5. The van der Waals surface area contributed by atoms with Gasteiger partial charge in [-0.3, -0.25) is 14.7 Å². The van der Waals surface area contributed by atoms with Crippen molar-refractivity contribution in [3.63, 3.8) is 0 Å². The van der Waals surface area contributed by atoms with Gasteiger partial charge in [0.1, 0.15) is 0 Å². The topological polar surface area (TPSA) is 140 Å². The van der Waals surface area contributed by atoms with Crippen molar-refractivity contribution in [1.82, 2.24) is 14.7 Å². The first kappa shape index (κ1) is 16.7. The van der Waals surface area contributed by atoms with E-state index in [0.717, 1.165) is 26.2 Å². The summed E-state index contributed by atoms with van der Waals surface area (Å²) < 4.78 is 0. The van der Waals surface area contributed by atoms with Gasteiger partial charge in [-0.05, 0) is 0 Å². The summed E-state index contributed by atoms with van der Waals surface area (Å²) in [5.74, 6) is 0. The van der Waals surface area contributed by atoms with Crippen LogP contribution in [0.4, 0.5) is 0 Å². The largest absolute Gasteiger partial charge is 0.318 e. The fourth-order valence-corrected chi connectivity index (χ4v) is 1.37. The highest BCUT2D eigenvalue weighted by atomic mass is 15.3. The molecule has 8 nitrogen and oxygen atoms in total. The maximum atomic E-state index is 5.67. The molecule has 0 aliphatic carbocycles. The minimum Gasteiger partial charge on any atom is -0.318 e. The molecule has 0 radical (unpaired) electrons. The predicted molar refractivity (Wildman–Crippen MR) is 70.3 cm³/mol. The molecule has 0 saturated carbocycles. The van der Waals surface area contributed by atoms with Gasteiger partial charge in [0.15, 0.2) is 0 Å². The molecule has 8 heteroatoms. The third-order valence-electron chi connectivity index (χ3n) is 2.76. The molecule has 0 aromatic rings. The van der Waals surface area contributed by atoms with Crippen LogP contribution in [-0.4, -0.2) is 74.2 Å². The minimum absolute atomic E-state index is 0.465. The maximum Gasteiger partial charge on any atom is 0.0467 e. The highest BCUT2D eigenvalue weighted by Crippen LogP contribution is 1.90. The van der Waals surface area contributed by atoms with E-state index in [4.69, 9.17) is 28.7 Å². The van der Waals surface area contributed by atoms with Gasteiger partial charge >= 0.3 is 0 Å². The van der Waals surface area contributed by atoms with Crippen molar-refractivity contribution in [1.29, 1.82) is 0 Å². The van der Waals surface area contributed by atoms with Crippen LogP contribution in [0.15, 0.2) is 0 Å². The zero-order chi connectivity index (χ0) is 13.1. The summed E-state index contributed by atoms with van der Waals surface area (Å²) in [5.41, 5.74) is 27.8. The number of nitrogens with zero attached hydrogens (tertiary/aromatic N) is 3. The minimum atomic E-state index is 0.465. The lowest BCUT2D eigenvalue weighted by Crippen LogP contribution is -2.46. The molecule has 0 atom stereocenters. The molecule has 0 aliphatic rings. The molecule has 0 fully saturated rings. The molecule has 10 N–H and O–H groups in total. The third kappa shape index (κ3) is 7.58. The van der Waals surface area contributed by atoms with E-state index in [2.05, 4.69) is 4.90 Å². The molecule has 0 bridgehead atoms. The van der Waals surface area contributed by atoms with Gasteiger partial charge in [-0.1, -0.05) is 0 Å². The Bertz CT molecular complexity index is 143. The van der Waals surface area contributed by atoms with Crippen molar-refractivity contribution < 1.29 is 0 Å². The first-order valence-corrected chi connectivity index (χ1v) is 5.89. The molecule has 0 rings (SSSR count). The van der Waals surface area contributed by atoms with Gasteiger partial charge in [0.2, 0.25) is 0 Å². The van der Waals surface area contributed by atoms with Crippen molar-refractivity contribution >= 4 is 0 Å². The summed E-state index contributed by atoms with van der Waals surface area (Å²) in [6.07, 6.45) is 0. The Morgan fingerprint density at radius 1 is 0.412 bits per heavy atom. The van der Waals surface area contributed by atoms with Gasteiger partial charge in [-0.25, -0.2) is 0 Å². The first-order valence-electron chi connectivity index (χ1n) is 5.89. The van der Waals surface area contributed by atoms with E-state index in [1.165, 1.54) is 0 Å². The normalized spacial score (nSPS) is 12.0. The van der Waals surface area contributed by atoms with E-state index in [9.17, 15) is 0 Å². The summed E-state index contributed by atoms with van der Waals surface area (Å²) in [7, 11) is 0. The van der Waals surface area contributed by atoms with Crippen LogP contribution in [0.2, 0.25) is 0 Å². The Balaban J connectivity index is 3.82. The summed E-state index contributed by atoms with van der Waals surface area (Å²) in [6, 6.07) is 0. The van der Waals surface area contributed by atoms with Gasteiger partial charge in [0.05, 0.1) is 0 Å². The van der Waals surface area contributed by atoms with E-state index in [1.807, 2.05) is 9.80 Å². The van der Waals surface area contributed by atoms with E-state index in [-0.39, 0.29) is 0 Å². The molecular formula is C9H28N8. The lowest BCUT2D eigenvalue weighted by atomic mass is 10.4. The molecule has 17 heavy (non-hydrogen) atoms. The van der Waals surface area contributed by atoms with Crippen LogP contribution in [-0.2, 0) is 0 Å². The Labute approximate surface area is 104 Å². The van der Waals surface area contributed by atoms with Crippen LogP contribution >= 0.6 is 0 Å². The second kappa shape index (κ2) is 10.8. The predicted octanol–water partition coefficient (Wildman–Crippen LogP) is -3.53. The third-order valence-corrected chi connectivity index (χ3v) is 2.76. The Kier molecular flexibility index (Phi) is 10.6. The van der Waals surface area contributed by atoms with Crippen LogP contribution in [0.5, 0.6) is 0 Å². The molecule has 0 unspecified atom stereocenters. The Morgan fingerprint density at radius 3 is 0.882 bits per heavy atom. The SMILES string of the molecule is NCN(CN)CCN(CN)CCN(CN)CN. The second-order valence-electron chi connectivity index (χ2n) is 3.82. The quantitative estimate of drug-likeness (QED) is 0.237. The van der Waals surface area contributed by atoms with Gasteiger partial charge in [0.25, 0.3) is 0 Å². The van der Waals surface area contributed by atoms with Crippen LogP contribution in [0, 0.1) is 0 Å². The highest BCUT2D eigenvalue weighted by molar-refractivity contribution is 4.62. The molecule has 0 saturated heterocycles. The molecular weight excluding hydrogens is 220 g/mol. The molecule has 104 valence electrons. The average Bonchev–Trinajstić information content (AvgIpc) is 2.38. The lowest BCUT2D eigenvalue weighted by Gasteiger charge is -2.27. The first-order chi connectivity index (χ1) is 8.21. The van der Waals surface area contributed by atoms with Crippen LogP contribution < -0.4 is 28.7 Å². The number of rotatable bonds is 11. The van der Waals surface area contributed by atoms with Crippen molar-refractivity contribution in [2.75, 3.05) is 59.5 Å². The maximum absolute atomic E-state index is 5.67. The van der Waals surface area contributed by atoms with Crippen molar-refractivity contribution in [2.45, 2.75) is 0 Å². The fraction of sp³-hybridized carbons (Fsp3) is 1.00. The smallest absolute Gasteiger partial charge is 0.0467 e. The molecule has 0 aromatic carbocycles. The van der Waals surface area contributed by atoms with Crippen LogP contribution in [0.1, 0.15) is 0 Å². The van der Waals surface area contributed by atoms with E-state index in [1.54, 1.807) is 0 Å². The van der Waals surface area contributed by atoms with Gasteiger partial charge in [-0.2, -0.15) is 0 Å². The van der Waals surface area contributed by atoms with Gasteiger partial charge < -0.3 is 28.7 Å². The van der Waals surface area contributed by atoms with Crippen LogP contribution in [0.25, 0.3) is 0 Å². The van der Waals surface area contributed by atoms with Crippen molar-refractivity contribution in [2.24, 2.45) is 28.7 Å². The fourth-order valence-electron chi connectivity index (χ4n) is 1.37. The molecule has 0 spiro atoms. The van der Waals surface area contributed by atoms with Crippen molar-refractivity contribution in [3.05, 3.63) is 0 Å². The second-order valence-corrected chi connectivity index (χ2v) is 3.82. The van der Waals surface area contributed by atoms with E-state index >= 15 is 0 Å². The summed E-state index contributed by atoms with van der Waals surface area (Å²) in [4.78, 5) is 6.02. The van der Waals surface area contributed by atoms with E-state index in [0.29, 0.717) is 33.3 Å². The molecule has 0 heterocycles. The standard InChI is InChI=1S/C9H28N8/c10-5-15(1-3-16(6-11)7-12)2-4-17(8-13)9-14/h1-14H2. The molecule has 0 amide bonds. The summed E-state index contributed by atoms with van der Waals surface area (Å²) >= 11 is 0. The number of hydrogen-bond acceptors (Lipinski definition) is 8. The highest BCUT2D eigenvalue weighted by Gasteiger charge is 2.07. The molecule has 0 aliphatic heterocycles. The van der Waals surface area contributed by atoms with Gasteiger partial charge in [-0.15, -0.1) is 0 Å². The van der Waals surface area contributed by atoms with Gasteiger partial charge in [0, 0.05) is 59.5 Å². The van der Waals surface area contributed by atoms with Crippen molar-refractivity contribution in [3.8, 4) is 0 Å². The Morgan fingerprint density at radius 2 is 0.647 bits per heavy atom. The summed E-state index contributed by atoms with van der Waals surface area (Å²) in [5, 5.41) is 0. The summed E-state index contributed by atoms with van der Waals surface area (Å²) in [6.45, 7) is 5.68.